The predicted molar refractivity (Wildman–Crippen MR) is 88.6 cm³/mol. The largest absolute Gasteiger partial charge is 0.489 e. The van der Waals surface area contributed by atoms with Crippen LogP contribution in [0.25, 0.3) is 0 Å². The highest BCUT2D eigenvalue weighted by Crippen LogP contribution is 2.34. The summed E-state index contributed by atoms with van der Waals surface area (Å²) in [4.78, 5) is 2.41. The maximum Gasteiger partial charge on any atom is 0.144 e. The molecule has 0 saturated heterocycles. The fourth-order valence-corrected chi connectivity index (χ4v) is 2.27. The van der Waals surface area contributed by atoms with Crippen molar-refractivity contribution >= 4 is 11.4 Å². The van der Waals surface area contributed by atoms with E-state index in [-0.39, 0.29) is 6.10 Å². The Morgan fingerprint density at radius 2 is 1.90 bits per heavy atom. The van der Waals surface area contributed by atoms with Crippen molar-refractivity contribution in [3.8, 4) is 5.75 Å². The molecule has 0 spiro atoms. The van der Waals surface area contributed by atoms with Crippen molar-refractivity contribution in [3.63, 3.8) is 0 Å². The lowest BCUT2D eigenvalue weighted by molar-refractivity contribution is 0.244. The lowest BCUT2D eigenvalue weighted by Gasteiger charge is -2.32. The van der Waals surface area contributed by atoms with Crippen molar-refractivity contribution in [1.29, 1.82) is 0 Å². The molecular weight excluding hydrogens is 248 g/mol. The molecule has 2 N–H and O–H groups in total. The number of rotatable bonds is 8. The standard InChI is InChI=1S/C17H30N2O/c1-6-8-12-19(14(5)7-2)15-10-9-11-16(17(15)18)20-13(3)4/h9-11,13-14H,6-8,12,18H2,1-5H3. The molecule has 0 amide bonds. The molecule has 0 aliphatic carbocycles. The van der Waals surface area contributed by atoms with Gasteiger partial charge in [0, 0.05) is 12.6 Å². The molecular formula is C17H30N2O. The van der Waals surface area contributed by atoms with Gasteiger partial charge < -0.3 is 15.4 Å². The molecule has 20 heavy (non-hydrogen) atoms. The molecule has 1 rings (SSSR count). The van der Waals surface area contributed by atoms with E-state index in [2.05, 4.69) is 31.7 Å². The SMILES string of the molecule is CCCCN(c1cccc(OC(C)C)c1N)C(C)CC. The van der Waals surface area contributed by atoms with Gasteiger partial charge in [0.1, 0.15) is 5.75 Å². The number of hydrogen-bond acceptors (Lipinski definition) is 3. The number of unbranched alkanes of at least 4 members (excludes halogenated alkanes) is 1. The van der Waals surface area contributed by atoms with Crippen LogP contribution >= 0.6 is 0 Å². The summed E-state index contributed by atoms with van der Waals surface area (Å²) in [6.07, 6.45) is 3.62. The number of nitrogens with zero attached hydrogens (tertiary/aromatic N) is 1. The second-order valence-corrected chi connectivity index (χ2v) is 5.66. The summed E-state index contributed by atoms with van der Waals surface area (Å²) < 4.78 is 5.80. The third-order valence-corrected chi connectivity index (χ3v) is 3.59. The summed E-state index contributed by atoms with van der Waals surface area (Å²) in [6, 6.07) is 6.57. The molecule has 3 heteroatoms. The van der Waals surface area contributed by atoms with Crippen molar-refractivity contribution in [2.75, 3.05) is 17.2 Å². The molecule has 0 heterocycles. The monoisotopic (exact) mass is 278 g/mol. The number of benzene rings is 1. The number of nitrogens with two attached hydrogens (primary N) is 1. The van der Waals surface area contributed by atoms with Crippen LogP contribution in [0.15, 0.2) is 18.2 Å². The highest BCUT2D eigenvalue weighted by atomic mass is 16.5. The molecule has 0 radical (unpaired) electrons. The summed E-state index contributed by atoms with van der Waals surface area (Å²) in [6.45, 7) is 11.8. The first-order chi connectivity index (χ1) is 9.51. The van der Waals surface area contributed by atoms with Crippen LogP contribution < -0.4 is 15.4 Å². The fourth-order valence-electron chi connectivity index (χ4n) is 2.27. The van der Waals surface area contributed by atoms with Gasteiger partial charge in [0.2, 0.25) is 0 Å². The van der Waals surface area contributed by atoms with E-state index < -0.39 is 0 Å². The van der Waals surface area contributed by atoms with E-state index in [1.54, 1.807) is 0 Å². The zero-order valence-corrected chi connectivity index (χ0v) is 13.6. The van der Waals surface area contributed by atoms with Crippen LogP contribution in [0.2, 0.25) is 0 Å². The topological polar surface area (TPSA) is 38.5 Å². The summed E-state index contributed by atoms with van der Waals surface area (Å²) >= 11 is 0. The minimum Gasteiger partial charge on any atom is -0.489 e. The van der Waals surface area contributed by atoms with E-state index in [0.717, 1.165) is 30.1 Å². The average molecular weight is 278 g/mol. The molecule has 0 aliphatic rings. The van der Waals surface area contributed by atoms with E-state index >= 15 is 0 Å². The fraction of sp³-hybridized carbons (Fsp3) is 0.647. The Morgan fingerprint density at radius 1 is 1.20 bits per heavy atom. The maximum atomic E-state index is 6.33. The minimum absolute atomic E-state index is 0.139. The van der Waals surface area contributed by atoms with Gasteiger partial charge in [-0.05, 0) is 45.7 Å². The molecule has 1 unspecified atom stereocenters. The van der Waals surface area contributed by atoms with E-state index in [0.29, 0.717) is 6.04 Å². The molecule has 114 valence electrons. The first-order valence-corrected chi connectivity index (χ1v) is 7.83. The molecule has 0 aromatic heterocycles. The average Bonchev–Trinajstić information content (AvgIpc) is 2.42. The van der Waals surface area contributed by atoms with Crippen LogP contribution in [-0.2, 0) is 0 Å². The van der Waals surface area contributed by atoms with E-state index in [4.69, 9.17) is 10.5 Å². The maximum absolute atomic E-state index is 6.33. The second kappa shape index (κ2) is 8.03. The van der Waals surface area contributed by atoms with Crippen molar-refractivity contribution < 1.29 is 4.74 Å². The highest BCUT2D eigenvalue weighted by molar-refractivity contribution is 5.74. The summed E-state index contributed by atoms with van der Waals surface area (Å²) in [5.74, 6) is 0.794. The normalized spacial score (nSPS) is 12.5. The molecule has 0 aliphatic heterocycles. The minimum atomic E-state index is 0.139. The van der Waals surface area contributed by atoms with Crippen LogP contribution in [0, 0.1) is 0 Å². The van der Waals surface area contributed by atoms with Crippen LogP contribution in [0.5, 0.6) is 5.75 Å². The van der Waals surface area contributed by atoms with Gasteiger partial charge in [-0.1, -0.05) is 26.3 Å². The molecule has 1 atom stereocenters. The number of ether oxygens (including phenoxy) is 1. The quantitative estimate of drug-likeness (QED) is 0.713. The predicted octanol–water partition coefficient (Wildman–Crippen LogP) is 4.46. The Hall–Kier alpha value is -1.38. The number of anilines is 2. The van der Waals surface area contributed by atoms with Crippen LogP contribution in [0.4, 0.5) is 11.4 Å². The van der Waals surface area contributed by atoms with Crippen molar-refractivity contribution in [1.82, 2.24) is 0 Å². The first kappa shape index (κ1) is 16.7. The van der Waals surface area contributed by atoms with Gasteiger partial charge in [-0.2, -0.15) is 0 Å². The zero-order chi connectivity index (χ0) is 15.1. The third kappa shape index (κ3) is 4.32. The first-order valence-electron chi connectivity index (χ1n) is 7.83. The number of para-hydroxylation sites is 1. The summed E-state index contributed by atoms with van der Waals surface area (Å²) in [7, 11) is 0. The Kier molecular flexibility index (Phi) is 6.69. The Labute approximate surface area is 124 Å². The van der Waals surface area contributed by atoms with Crippen molar-refractivity contribution in [2.24, 2.45) is 0 Å². The highest BCUT2D eigenvalue weighted by Gasteiger charge is 2.17. The van der Waals surface area contributed by atoms with Gasteiger partial charge in [-0.15, -0.1) is 0 Å². The van der Waals surface area contributed by atoms with Gasteiger partial charge in [0.25, 0.3) is 0 Å². The lowest BCUT2D eigenvalue weighted by Crippen LogP contribution is -2.34. The molecule has 1 aromatic carbocycles. The van der Waals surface area contributed by atoms with Gasteiger partial charge >= 0.3 is 0 Å². The van der Waals surface area contributed by atoms with Gasteiger partial charge in [0.15, 0.2) is 0 Å². The van der Waals surface area contributed by atoms with Gasteiger partial charge in [0.05, 0.1) is 17.5 Å². The number of nitrogen functional groups attached to an aromatic ring is 1. The Bertz CT molecular complexity index is 404. The van der Waals surface area contributed by atoms with Crippen molar-refractivity contribution in [3.05, 3.63) is 18.2 Å². The zero-order valence-electron chi connectivity index (χ0n) is 13.6. The van der Waals surface area contributed by atoms with E-state index in [1.807, 2.05) is 26.0 Å². The smallest absolute Gasteiger partial charge is 0.144 e. The van der Waals surface area contributed by atoms with Gasteiger partial charge in [-0.25, -0.2) is 0 Å². The molecule has 0 saturated carbocycles. The molecule has 0 fully saturated rings. The molecule has 1 aromatic rings. The Morgan fingerprint density at radius 3 is 2.45 bits per heavy atom. The lowest BCUT2D eigenvalue weighted by atomic mass is 10.1. The van der Waals surface area contributed by atoms with Gasteiger partial charge in [-0.3, -0.25) is 0 Å². The van der Waals surface area contributed by atoms with Crippen LogP contribution in [0.3, 0.4) is 0 Å². The van der Waals surface area contributed by atoms with E-state index in [9.17, 15) is 0 Å². The Balaban J connectivity index is 3.06. The molecule has 3 nitrogen and oxygen atoms in total. The number of hydrogen-bond donors (Lipinski definition) is 1. The van der Waals surface area contributed by atoms with Crippen LogP contribution in [-0.4, -0.2) is 18.7 Å². The second-order valence-electron chi connectivity index (χ2n) is 5.66. The van der Waals surface area contributed by atoms with E-state index in [1.165, 1.54) is 12.8 Å². The third-order valence-electron chi connectivity index (χ3n) is 3.59. The summed E-state index contributed by atoms with van der Waals surface area (Å²) in [5, 5.41) is 0. The molecule has 0 bridgehead atoms. The van der Waals surface area contributed by atoms with Crippen LogP contribution in [0.1, 0.15) is 53.9 Å². The van der Waals surface area contributed by atoms with Crippen molar-refractivity contribution in [2.45, 2.75) is 66.0 Å². The summed E-state index contributed by atoms with van der Waals surface area (Å²) in [5.41, 5.74) is 8.19.